The molecule has 0 unspecified atom stereocenters. The van der Waals surface area contributed by atoms with Crippen molar-refractivity contribution in [3.63, 3.8) is 0 Å². The zero-order valence-corrected chi connectivity index (χ0v) is 16.6. The van der Waals surface area contributed by atoms with Gasteiger partial charge in [-0.25, -0.2) is 17.1 Å². The van der Waals surface area contributed by atoms with E-state index in [0.717, 1.165) is 11.3 Å². The van der Waals surface area contributed by atoms with E-state index in [1.807, 2.05) is 31.2 Å². The van der Waals surface area contributed by atoms with Crippen LogP contribution >= 0.6 is 0 Å². The Labute approximate surface area is 164 Å². The number of fused-ring (bicyclic) bond motifs is 2. The van der Waals surface area contributed by atoms with Gasteiger partial charge >= 0.3 is 0 Å². The van der Waals surface area contributed by atoms with Crippen molar-refractivity contribution in [2.24, 2.45) is 0 Å². The van der Waals surface area contributed by atoms with Gasteiger partial charge < -0.3 is 4.90 Å². The van der Waals surface area contributed by atoms with Gasteiger partial charge in [0.15, 0.2) is 0 Å². The highest BCUT2D eigenvalue weighted by Crippen LogP contribution is 2.48. The van der Waals surface area contributed by atoms with Crippen LogP contribution in [-0.2, 0) is 26.0 Å². The molecule has 0 aromatic heterocycles. The third-order valence-electron chi connectivity index (χ3n) is 5.95. The molecular formula is C21H23FN2O3S. The van der Waals surface area contributed by atoms with E-state index in [9.17, 15) is 17.6 Å². The molecule has 0 aliphatic carbocycles. The Kier molecular flexibility index (Phi) is 4.75. The van der Waals surface area contributed by atoms with Crippen molar-refractivity contribution in [1.29, 1.82) is 0 Å². The summed E-state index contributed by atoms with van der Waals surface area (Å²) < 4.78 is 40.9. The number of benzene rings is 2. The predicted molar refractivity (Wildman–Crippen MR) is 106 cm³/mol. The van der Waals surface area contributed by atoms with Crippen molar-refractivity contribution < 1.29 is 17.6 Å². The lowest BCUT2D eigenvalue weighted by Crippen LogP contribution is -2.50. The zero-order valence-electron chi connectivity index (χ0n) is 15.8. The number of amides is 1. The molecule has 0 saturated carbocycles. The maximum Gasteiger partial charge on any atom is 0.237 e. The van der Waals surface area contributed by atoms with Gasteiger partial charge in [-0.1, -0.05) is 36.4 Å². The van der Waals surface area contributed by atoms with Crippen molar-refractivity contribution in [2.45, 2.75) is 30.9 Å². The number of rotatable bonds is 4. The maximum absolute atomic E-state index is 13.9. The smallest absolute Gasteiger partial charge is 0.237 e. The zero-order chi connectivity index (χ0) is 19.9. The monoisotopic (exact) mass is 402 g/mol. The first-order valence-corrected chi connectivity index (χ1v) is 11.1. The summed E-state index contributed by atoms with van der Waals surface area (Å²) >= 11 is 0. The van der Waals surface area contributed by atoms with Gasteiger partial charge in [0, 0.05) is 30.9 Å². The van der Waals surface area contributed by atoms with Crippen molar-refractivity contribution >= 4 is 21.6 Å². The van der Waals surface area contributed by atoms with Crippen LogP contribution < -0.4 is 4.90 Å². The van der Waals surface area contributed by atoms with Crippen molar-refractivity contribution in [3.05, 3.63) is 65.5 Å². The van der Waals surface area contributed by atoms with Gasteiger partial charge in [-0.2, -0.15) is 0 Å². The maximum atomic E-state index is 13.9. The number of likely N-dealkylation sites (N-methyl/N-ethyl adjacent to an activating group) is 1. The molecule has 0 bridgehead atoms. The van der Waals surface area contributed by atoms with Gasteiger partial charge in [-0.15, -0.1) is 0 Å². The molecule has 2 aliphatic heterocycles. The van der Waals surface area contributed by atoms with Gasteiger partial charge in [0.2, 0.25) is 15.9 Å². The van der Waals surface area contributed by atoms with E-state index in [0.29, 0.717) is 19.4 Å². The molecule has 0 N–H and O–H groups in total. The molecule has 0 atom stereocenters. The molecule has 5 nitrogen and oxygen atoms in total. The average Bonchev–Trinajstić information content (AvgIpc) is 2.92. The molecule has 148 valence electrons. The van der Waals surface area contributed by atoms with Gasteiger partial charge in [-0.05, 0) is 37.5 Å². The van der Waals surface area contributed by atoms with E-state index in [1.165, 1.54) is 16.4 Å². The normalized spacial score (nSPS) is 19.2. The van der Waals surface area contributed by atoms with Crippen LogP contribution in [0, 0.1) is 5.82 Å². The molecule has 1 amide bonds. The number of nitrogens with zero attached hydrogens (tertiary/aromatic N) is 2. The second-order valence-corrected chi connectivity index (χ2v) is 9.36. The number of carbonyl (C=O) groups excluding carboxylic acids is 1. The predicted octanol–water partition coefficient (Wildman–Crippen LogP) is 3.06. The van der Waals surface area contributed by atoms with E-state index in [2.05, 4.69) is 0 Å². The molecule has 2 aromatic carbocycles. The Hall–Kier alpha value is -2.25. The Morgan fingerprint density at radius 2 is 1.68 bits per heavy atom. The molecule has 2 aliphatic rings. The lowest BCUT2D eigenvalue weighted by molar-refractivity contribution is -0.124. The number of hydrogen-bond donors (Lipinski definition) is 0. The van der Waals surface area contributed by atoms with Crippen LogP contribution in [0.1, 0.15) is 30.9 Å². The number of piperidine rings is 1. The third kappa shape index (κ3) is 2.93. The minimum absolute atomic E-state index is 0.0577. The Balaban J connectivity index is 1.56. The lowest BCUT2D eigenvalue weighted by Gasteiger charge is -2.37. The Bertz CT molecular complexity index is 1010. The highest BCUT2D eigenvalue weighted by molar-refractivity contribution is 7.88. The number of sulfonamides is 1. The number of anilines is 1. The summed E-state index contributed by atoms with van der Waals surface area (Å²) in [4.78, 5) is 15.0. The van der Waals surface area contributed by atoms with Crippen LogP contribution in [0.5, 0.6) is 0 Å². The second kappa shape index (κ2) is 6.97. The summed E-state index contributed by atoms with van der Waals surface area (Å²) in [7, 11) is -3.65. The summed E-state index contributed by atoms with van der Waals surface area (Å²) in [5.41, 5.74) is 1.43. The quantitative estimate of drug-likeness (QED) is 0.790. The number of halogens is 1. The number of carbonyl (C=O) groups is 1. The highest BCUT2D eigenvalue weighted by Gasteiger charge is 2.52. The molecule has 1 saturated heterocycles. The average molecular weight is 402 g/mol. The summed E-state index contributed by atoms with van der Waals surface area (Å²) in [6.07, 6.45) is 0.881. The standard InChI is InChI=1S/C21H23FN2O3S/c1-2-24-19-10-6-4-8-17(19)21(20(24)25)11-13-23(14-12-21)28(26,27)15-16-7-3-5-9-18(16)22/h3-10H,2,11-15H2,1H3. The topological polar surface area (TPSA) is 57.7 Å². The van der Waals surface area contributed by atoms with Gasteiger partial charge in [0.05, 0.1) is 11.2 Å². The van der Waals surface area contributed by atoms with E-state index in [-0.39, 0.29) is 30.3 Å². The summed E-state index contributed by atoms with van der Waals surface area (Å²) in [6.45, 7) is 3.05. The fourth-order valence-corrected chi connectivity index (χ4v) is 5.99. The van der Waals surface area contributed by atoms with E-state index >= 15 is 0 Å². The summed E-state index contributed by atoms with van der Waals surface area (Å²) in [6, 6.07) is 13.7. The van der Waals surface area contributed by atoms with Crippen LogP contribution in [0.3, 0.4) is 0 Å². The number of para-hydroxylation sites is 1. The first-order chi connectivity index (χ1) is 13.4. The summed E-state index contributed by atoms with van der Waals surface area (Å²) in [5.74, 6) is -0.821. The van der Waals surface area contributed by atoms with Crippen LogP contribution in [0.2, 0.25) is 0 Å². The molecule has 2 heterocycles. The third-order valence-corrected chi connectivity index (χ3v) is 7.77. The van der Waals surface area contributed by atoms with Gasteiger partial charge in [0.1, 0.15) is 5.82 Å². The molecule has 7 heteroatoms. The van der Waals surface area contributed by atoms with Crippen LogP contribution in [-0.4, -0.2) is 38.3 Å². The summed E-state index contributed by atoms with van der Waals surface area (Å²) in [5, 5.41) is 0. The molecular weight excluding hydrogens is 379 g/mol. The molecule has 0 radical (unpaired) electrons. The molecule has 1 fully saturated rings. The Morgan fingerprint density at radius 1 is 1.04 bits per heavy atom. The number of hydrogen-bond acceptors (Lipinski definition) is 3. The van der Waals surface area contributed by atoms with Crippen LogP contribution in [0.4, 0.5) is 10.1 Å². The second-order valence-electron chi connectivity index (χ2n) is 7.40. The van der Waals surface area contributed by atoms with Crippen molar-refractivity contribution in [2.75, 3.05) is 24.5 Å². The van der Waals surface area contributed by atoms with Crippen molar-refractivity contribution in [1.82, 2.24) is 4.31 Å². The van der Waals surface area contributed by atoms with Gasteiger partial charge in [0.25, 0.3) is 0 Å². The minimum Gasteiger partial charge on any atom is -0.312 e. The minimum atomic E-state index is -3.65. The van der Waals surface area contributed by atoms with Crippen LogP contribution in [0.25, 0.3) is 0 Å². The SMILES string of the molecule is CCN1C(=O)C2(CCN(S(=O)(=O)Cc3ccccc3F)CC2)c2ccccc21. The highest BCUT2D eigenvalue weighted by atomic mass is 32.2. The fraction of sp³-hybridized carbons (Fsp3) is 0.381. The first-order valence-electron chi connectivity index (χ1n) is 9.52. The van der Waals surface area contributed by atoms with Crippen LogP contribution in [0.15, 0.2) is 48.5 Å². The largest absolute Gasteiger partial charge is 0.312 e. The van der Waals surface area contributed by atoms with Gasteiger partial charge in [-0.3, -0.25) is 4.79 Å². The van der Waals surface area contributed by atoms with Crippen molar-refractivity contribution in [3.8, 4) is 0 Å². The van der Waals surface area contributed by atoms with E-state index < -0.39 is 21.3 Å². The fourth-order valence-electron chi connectivity index (χ4n) is 4.44. The van der Waals surface area contributed by atoms with E-state index in [1.54, 1.807) is 17.0 Å². The molecule has 4 rings (SSSR count). The molecule has 2 aromatic rings. The Morgan fingerprint density at radius 3 is 2.36 bits per heavy atom. The molecule has 1 spiro atoms. The molecule has 28 heavy (non-hydrogen) atoms. The first kappa shape index (κ1) is 19.1. The van der Waals surface area contributed by atoms with E-state index in [4.69, 9.17) is 0 Å². The lowest BCUT2D eigenvalue weighted by atomic mass is 9.74.